The molecule has 90 valence electrons. The van der Waals surface area contributed by atoms with Crippen LogP contribution in [0.15, 0.2) is 36.7 Å². The summed E-state index contributed by atoms with van der Waals surface area (Å²) in [4.78, 5) is 2.98. The molecule has 4 heteroatoms. The second-order valence-corrected chi connectivity index (χ2v) is 4.02. The molecule has 0 amide bonds. The number of H-pyrrole nitrogens is 1. The van der Waals surface area contributed by atoms with E-state index in [1.165, 1.54) is 0 Å². The fourth-order valence-electron chi connectivity index (χ4n) is 1.85. The van der Waals surface area contributed by atoms with Gasteiger partial charge >= 0.3 is 0 Å². The molecule has 0 spiro atoms. The fraction of sp³-hybridized carbons (Fsp3) is 0.231. The quantitative estimate of drug-likeness (QED) is 0.597. The first-order chi connectivity index (χ1) is 8.22. The van der Waals surface area contributed by atoms with Crippen LogP contribution >= 0.6 is 0 Å². The summed E-state index contributed by atoms with van der Waals surface area (Å²) in [7, 11) is 0. The number of aromatic amines is 1. The molecule has 0 aliphatic heterocycles. The van der Waals surface area contributed by atoms with Crippen LogP contribution in [-0.2, 0) is 6.42 Å². The first kappa shape index (κ1) is 11.7. The van der Waals surface area contributed by atoms with Crippen LogP contribution in [0.25, 0.3) is 11.1 Å². The number of hydrogen-bond donors (Lipinski definition) is 4. The third-order valence-electron chi connectivity index (χ3n) is 2.77. The van der Waals surface area contributed by atoms with Gasteiger partial charge in [-0.2, -0.15) is 0 Å². The van der Waals surface area contributed by atoms with Crippen LogP contribution < -0.4 is 5.73 Å². The van der Waals surface area contributed by atoms with Crippen molar-refractivity contribution < 1.29 is 10.2 Å². The van der Waals surface area contributed by atoms with Crippen LogP contribution in [0.5, 0.6) is 0 Å². The molecule has 0 aliphatic rings. The van der Waals surface area contributed by atoms with Gasteiger partial charge in [0.1, 0.15) is 0 Å². The van der Waals surface area contributed by atoms with Gasteiger partial charge in [-0.05, 0) is 11.6 Å². The van der Waals surface area contributed by atoms with E-state index in [1.807, 2.05) is 36.7 Å². The number of nitrogens with one attached hydrogen (secondary N) is 1. The SMILES string of the molecule is Nc1c(CC(O)CO)cccc1-c1cc[nH]c1. The van der Waals surface area contributed by atoms with Crippen molar-refractivity contribution in [2.75, 3.05) is 12.3 Å². The van der Waals surface area contributed by atoms with E-state index in [0.717, 1.165) is 16.7 Å². The van der Waals surface area contributed by atoms with Crippen molar-refractivity contribution in [3.05, 3.63) is 42.2 Å². The molecule has 1 heterocycles. The summed E-state index contributed by atoms with van der Waals surface area (Å²) in [5.74, 6) is 0. The van der Waals surface area contributed by atoms with Crippen LogP contribution in [0, 0.1) is 0 Å². The third-order valence-corrected chi connectivity index (χ3v) is 2.77. The molecule has 1 aromatic carbocycles. The Morgan fingerprint density at radius 1 is 1.29 bits per heavy atom. The zero-order valence-corrected chi connectivity index (χ0v) is 9.43. The molecule has 1 aromatic heterocycles. The van der Waals surface area contributed by atoms with Crippen molar-refractivity contribution in [3.63, 3.8) is 0 Å². The number of aliphatic hydroxyl groups is 2. The van der Waals surface area contributed by atoms with E-state index < -0.39 is 6.10 Å². The Labute approximate surface area is 99.7 Å². The summed E-state index contributed by atoms with van der Waals surface area (Å²) < 4.78 is 0. The predicted molar refractivity (Wildman–Crippen MR) is 67.4 cm³/mol. The maximum Gasteiger partial charge on any atom is 0.0811 e. The Bertz CT molecular complexity index is 480. The van der Waals surface area contributed by atoms with Crippen molar-refractivity contribution in [2.24, 2.45) is 0 Å². The topological polar surface area (TPSA) is 82.3 Å². The molecule has 0 saturated carbocycles. The smallest absolute Gasteiger partial charge is 0.0811 e. The number of rotatable bonds is 4. The molecule has 1 unspecified atom stereocenters. The van der Waals surface area contributed by atoms with Gasteiger partial charge in [-0.15, -0.1) is 0 Å². The average Bonchev–Trinajstić information content (AvgIpc) is 2.85. The van der Waals surface area contributed by atoms with Crippen LogP contribution in [0.1, 0.15) is 5.56 Å². The van der Waals surface area contributed by atoms with E-state index in [-0.39, 0.29) is 6.61 Å². The van der Waals surface area contributed by atoms with E-state index in [1.54, 1.807) is 0 Å². The van der Waals surface area contributed by atoms with Crippen LogP contribution in [-0.4, -0.2) is 27.9 Å². The number of benzene rings is 1. The Hall–Kier alpha value is -1.78. The standard InChI is InChI=1S/C13H16N2O2/c14-13-9(6-11(17)8-16)2-1-3-12(13)10-4-5-15-7-10/h1-5,7,11,15-17H,6,8,14H2. The molecule has 0 radical (unpaired) electrons. The lowest BCUT2D eigenvalue weighted by molar-refractivity contribution is 0.0956. The Balaban J connectivity index is 2.34. The summed E-state index contributed by atoms with van der Waals surface area (Å²) >= 11 is 0. The molecule has 2 rings (SSSR count). The lowest BCUT2D eigenvalue weighted by Crippen LogP contribution is -2.16. The summed E-state index contributed by atoms with van der Waals surface area (Å²) in [6.45, 7) is -0.256. The van der Waals surface area contributed by atoms with E-state index in [9.17, 15) is 5.11 Å². The maximum atomic E-state index is 9.45. The molecular formula is C13H16N2O2. The molecule has 1 atom stereocenters. The third kappa shape index (κ3) is 2.49. The second kappa shape index (κ2) is 5.03. The van der Waals surface area contributed by atoms with Crippen molar-refractivity contribution in [1.29, 1.82) is 0 Å². The summed E-state index contributed by atoms with van der Waals surface area (Å²) in [5, 5.41) is 18.3. The van der Waals surface area contributed by atoms with Gasteiger partial charge in [-0.3, -0.25) is 0 Å². The molecule has 5 N–H and O–H groups in total. The number of aliphatic hydroxyl groups excluding tert-OH is 2. The minimum Gasteiger partial charge on any atom is -0.398 e. The second-order valence-electron chi connectivity index (χ2n) is 4.02. The largest absolute Gasteiger partial charge is 0.398 e. The van der Waals surface area contributed by atoms with E-state index in [0.29, 0.717) is 12.1 Å². The highest BCUT2D eigenvalue weighted by molar-refractivity contribution is 5.78. The van der Waals surface area contributed by atoms with Crippen LogP contribution in [0.2, 0.25) is 0 Å². The zero-order chi connectivity index (χ0) is 12.3. The van der Waals surface area contributed by atoms with Crippen molar-refractivity contribution in [3.8, 4) is 11.1 Å². The lowest BCUT2D eigenvalue weighted by Gasteiger charge is -2.12. The molecular weight excluding hydrogens is 216 g/mol. The van der Waals surface area contributed by atoms with Gasteiger partial charge in [-0.25, -0.2) is 0 Å². The summed E-state index contributed by atoms with van der Waals surface area (Å²) in [5.41, 5.74) is 9.53. The van der Waals surface area contributed by atoms with Crippen LogP contribution in [0.3, 0.4) is 0 Å². The van der Waals surface area contributed by atoms with Gasteiger partial charge in [0.2, 0.25) is 0 Å². The number of aromatic nitrogens is 1. The molecule has 0 saturated heterocycles. The summed E-state index contributed by atoms with van der Waals surface area (Å²) in [6, 6.07) is 7.65. The minimum atomic E-state index is -0.765. The van der Waals surface area contributed by atoms with E-state index >= 15 is 0 Å². The Morgan fingerprint density at radius 2 is 2.12 bits per heavy atom. The highest BCUT2D eigenvalue weighted by Gasteiger charge is 2.10. The highest BCUT2D eigenvalue weighted by Crippen LogP contribution is 2.28. The lowest BCUT2D eigenvalue weighted by atomic mass is 9.99. The van der Waals surface area contributed by atoms with Gasteiger partial charge in [0.25, 0.3) is 0 Å². The number of nitrogen functional groups attached to an aromatic ring is 1. The zero-order valence-electron chi connectivity index (χ0n) is 9.43. The van der Waals surface area contributed by atoms with Crippen molar-refractivity contribution in [2.45, 2.75) is 12.5 Å². The monoisotopic (exact) mass is 232 g/mol. The van der Waals surface area contributed by atoms with Gasteiger partial charge in [0.15, 0.2) is 0 Å². The highest BCUT2D eigenvalue weighted by atomic mass is 16.3. The van der Waals surface area contributed by atoms with Gasteiger partial charge in [0.05, 0.1) is 12.7 Å². The van der Waals surface area contributed by atoms with Crippen molar-refractivity contribution in [1.82, 2.24) is 4.98 Å². The first-order valence-corrected chi connectivity index (χ1v) is 5.52. The molecule has 4 nitrogen and oxygen atoms in total. The normalized spacial score (nSPS) is 12.6. The number of para-hydroxylation sites is 1. The maximum absolute atomic E-state index is 9.45. The Morgan fingerprint density at radius 3 is 2.76 bits per heavy atom. The predicted octanol–water partition coefficient (Wildman–Crippen LogP) is 1.16. The number of nitrogens with two attached hydrogens (primary N) is 1. The molecule has 0 aliphatic carbocycles. The molecule has 0 bridgehead atoms. The molecule has 2 aromatic rings. The molecule has 0 fully saturated rings. The number of anilines is 1. The van der Waals surface area contributed by atoms with Gasteiger partial charge in [-0.1, -0.05) is 18.2 Å². The Kier molecular flexibility index (Phi) is 3.46. The van der Waals surface area contributed by atoms with Crippen LogP contribution in [0.4, 0.5) is 5.69 Å². The first-order valence-electron chi connectivity index (χ1n) is 5.52. The van der Waals surface area contributed by atoms with Gasteiger partial charge < -0.3 is 20.9 Å². The molecule has 17 heavy (non-hydrogen) atoms. The van der Waals surface area contributed by atoms with Crippen molar-refractivity contribution >= 4 is 5.69 Å². The van der Waals surface area contributed by atoms with E-state index in [4.69, 9.17) is 10.8 Å². The van der Waals surface area contributed by atoms with E-state index in [2.05, 4.69) is 4.98 Å². The van der Waals surface area contributed by atoms with Gasteiger partial charge in [0, 0.05) is 35.6 Å². The summed E-state index contributed by atoms with van der Waals surface area (Å²) in [6.07, 6.45) is 3.31. The fourth-order valence-corrected chi connectivity index (χ4v) is 1.85. The minimum absolute atomic E-state index is 0.256. The number of hydrogen-bond acceptors (Lipinski definition) is 3. The average molecular weight is 232 g/mol.